The van der Waals surface area contributed by atoms with Crippen LogP contribution < -0.4 is 4.74 Å². The van der Waals surface area contributed by atoms with Crippen molar-refractivity contribution in [2.45, 2.75) is 50.7 Å². The Labute approximate surface area is 197 Å². The van der Waals surface area contributed by atoms with Gasteiger partial charge in [-0.3, -0.25) is 14.5 Å². The van der Waals surface area contributed by atoms with Crippen LogP contribution in [0.2, 0.25) is 0 Å². The van der Waals surface area contributed by atoms with Crippen LogP contribution >= 0.6 is 0 Å². The van der Waals surface area contributed by atoms with Crippen molar-refractivity contribution < 1.29 is 14.3 Å². The number of hydrogen-bond donors (Lipinski definition) is 0. The molecule has 1 saturated heterocycles. The Morgan fingerprint density at radius 2 is 1.73 bits per heavy atom. The Morgan fingerprint density at radius 1 is 1.09 bits per heavy atom. The lowest BCUT2D eigenvalue weighted by Crippen LogP contribution is -2.66. The first-order valence-electron chi connectivity index (χ1n) is 11.8. The van der Waals surface area contributed by atoms with E-state index in [9.17, 15) is 9.59 Å². The number of piperidine rings is 1. The number of carbonyl (C=O) groups excluding carboxylic acids is 2. The van der Waals surface area contributed by atoms with Crippen molar-refractivity contribution in [2.75, 3.05) is 34.3 Å². The highest BCUT2D eigenvalue weighted by molar-refractivity contribution is 6.02. The lowest BCUT2D eigenvalue weighted by molar-refractivity contribution is -0.136. The zero-order chi connectivity index (χ0) is 23.8. The molecule has 1 spiro atoms. The standard InChI is InChI=1S/C27H35N3O3/c1-19(2)30-25(31)23-9-7-6-8-22(23)24(26(32)28(3)4)27(30)14-16-29(17-15-27)18-20-10-12-21(33-5)13-11-20/h6-13,19,24H,14-18H2,1-5H3. The molecule has 0 N–H and O–H groups in total. The van der Waals surface area contributed by atoms with Gasteiger partial charge in [0.05, 0.1) is 18.6 Å². The fraction of sp³-hybridized carbons (Fsp3) is 0.481. The second kappa shape index (κ2) is 9.18. The predicted molar refractivity (Wildman–Crippen MR) is 129 cm³/mol. The van der Waals surface area contributed by atoms with Crippen molar-refractivity contribution in [3.63, 3.8) is 0 Å². The Kier molecular flexibility index (Phi) is 6.48. The van der Waals surface area contributed by atoms with Crippen LogP contribution in [-0.2, 0) is 11.3 Å². The predicted octanol–water partition coefficient (Wildman–Crippen LogP) is 3.77. The average Bonchev–Trinajstić information content (AvgIpc) is 2.81. The molecule has 1 fully saturated rings. The van der Waals surface area contributed by atoms with Crippen LogP contribution in [0.4, 0.5) is 0 Å². The molecule has 2 amide bonds. The summed E-state index contributed by atoms with van der Waals surface area (Å²) in [5.41, 5.74) is 2.26. The second-order valence-corrected chi connectivity index (χ2v) is 9.75. The molecule has 0 radical (unpaired) electrons. The number of likely N-dealkylation sites (tertiary alicyclic amines) is 1. The minimum Gasteiger partial charge on any atom is -0.497 e. The van der Waals surface area contributed by atoms with Gasteiger partial charge in [0.25, 0.3) is 5.91 Å². The number of ether oxygens (including phenoxy) is 1. The molecule has 2 heterocycles. The van der Waals surface area contributed by atoms with E-state index in [0.29, 0.717) is 5.56 Å². The van der Waals surface area contributed by atoms with Crippen molar-refractivity contribution in [2.24, 2.45) is 0 Å². The molecule has 1 atom stereocenters. The summed E-state index contributed by atoms with van der Waals surface area (Å²) in [4.78, 5) is 33.4. The molecule has 6 heteroatoms. The van der Waals surface area contributed by atoms with Crippen LogP contribution in [0.3, 0.4) is 0 Å². The molecule has 0 bridgehead atoms. The van der Waals surface area contributed by atoms with E-state index in [1.165, 1.54) is 5.56 Å². The number of benzene rings is 2. The maximum Gasteiger partial charge on any atom is 0.254 e. The topological polar surface area (TPSA) is 53.1 Å². The van der Waals surface area contributed by atoms with E-state index in [2.05, 4.69) is 30.9 Å². The van der Waals surface area contributed by atoms with E-state index < -0.39 is 5.54 Å². The van der Waals surface area contributed by atoms with Crippen LogP contribution in [0.5, 0.6) is 5.75 Å². The quantitative estimate of drug-likeness (QED) is 0.697. The van der Waals surface area contributed by atoms with E-state index in [1.807, 2.05) is 55.4 Å². The van der Waals surface area contributed by atoms with Crippen molar-refractivity contribution in [3.8, 4) is 5.75 Å². The molecule has 2 aliphatic heterocycles. The van der Waals surface area contributed by atoms with Crippen LogP contribution in [0, 0.1) is 0 Å². The lowest BCUT2D eigenvalue weighted by Gasteiger charge is -2.57. The third-order valence-corrected chi connectivity index (χ3v) is 7.23. The van der Waals surface area contributed by atoms with Crippen LogP contribution in [0.15, 0.2) is 48.5 Å². The van der Waals surface area contributed by atoms with Crippen LogP contribution in [-0.4, -0.2) is 72.4 Å². The molecule has 2 aliphatic rings. The SMILES string of the molecule is COc1ccc(CN2CCC3(CC2)C(C(=O)N(C)C)c2ccccc2C(=O)N3C(C)C)cc1. The third-order valence-electron chi connectivity index (χ3n) is 7.23. The fourth-order valence-electron chi connectivity index (χ4n) is 5.69. The second-order valence-electron chi connectivity index (χ2n) is 9.75. The molecular formula is C27H35N3O3. The highest BCUT2D eigenvalue weighted by Gasteiger charge is 2.56. The van der Waals surface area contributed by atoms with Gasteiger partial charge in [-0.2, -0.15) is 0 Å². The Balaban J connectivity index is 1.67. The number of nitrogens with zero attached hydrogens (tertiary/aromatic N) is 3. The molecule has 0 aliphatic carbocycles. The fourth-order valence-corrected chi connectivity index (χ4v) is 5.69. The summed E-state index contributed by atoms with van der Waals surface area (Å²) >= 11 is 0. The van der Waals surface area contributed by atoms with Gasteiger partial charge in [-0.1, -0.05) is 30.3 Å². The molecular weight excluding hydrogens is 414 g/mol. The summed E-state index contributed by atoms with van der Waals surface area (Å²) in [6.07, 6.45) is 1.54. The van der Waals surface area contributed by atoms with Gasteiger partial charge in [-0.25, -0.2) is 0 Å². The van der Waals surface area contributed by atoms with Crippen LogP contribution in [0.1, 0.15) is 54.1 Å². The number of fused-ring (bicyclic) bond motifs is 1. The maximum atomic E-state index is 13.7. The van der Waals surface area contributed by atoms with Crippen molar-refractivity contribution >= 4 is 11.8 Å². The Bertz CT molecular complexity index is 1010. The van der Waals surface area contributed by atoms with Crippen molar-refractivity contribution in [1.29, 1.82) is 0 Å². The summed E-state index contributed by atoms with van der Waals surface area (Å²) in [5.74, 6) is 0.622. The number of rotatable bonds is 5. The molecule has 1 unspecified atom stereocenters. The number of carbonyl (C=O) groups is 2. The van der Waals surface area contributed by atoms with E-state index >= 15 is 0 Å². The smallest absolute Gasteiger partial charge is 0.254 e. The highest BCUT2D eigenvalue weighted by atomic mass is 16.5. The van der Waals surface area contributed by atoms with E-state index in [0.717, 1.165) is 43.8 Å². The van der Waals surface area contributed by atoms with E-state index in [-0.39, 0.29) is 23.8 Å². The molecule has 0 saturated carbocycles. The van der Waals surface area contributed by atoms with E-state index in [1.54, 1.807) is 12.0 Å². The molecule has 33 heavy (non-hydrogen) atoms. The molecule has 2 aromatic rings. The Morgan fingerprint density at radius 3 is 2.30 bits per heavy atom. The van der Waals surface area contributed by atoms with Gasteiger partial charge >= 0.3 is 0 Å². The molecule has 2 aromatic carbocycles. The number of hydrogen-bond acceptors (Lipinski definition) is 4. The molecule has 176 valence electrons. The molecule has 4 rings (SSSR count). The van der Waals surface area contributed by atoms with Gasteiger partial charge in [-0.15, -0.1) is 0 Å². The number of likely N-dealkylation sites (N-methyl/N-ethyl adjacent to an activating group) is 1. The maximum absolute atomic E-state index is 13.7. The minimum absolute atomic E-state index is 0.0106. The summed E-state index contributed by atoms with van der Waals surface area (Å²) in [6.45, 7) is 6.64. The van der Waals surface area contributed by atoms with Gasteiger partial charge in [0.15, 0.2) is 0 Å². The summed E-state index contributed by atoms with van der Waals surface area (Å²) < 4.78 is 5.27. The van der Waals surface area contributed by atoms with Crippen LogP contribution in [0.25, 0.3) is 0 Å². The largest absolute Gasteiger partial charge is 0.497 e. The zero-order valence-corrected chi connectivity index (χ0v) is 20.4. The normalized spacial score (nSPS) is 20.1. The molecule has 0 aromatic heterocycles. The van der Waals surface area contributed by atoms with Gasteiger partial charge in [0, 0.05) is 45.3 Å². The lowest BCUT2D eigenvalue weighted by atomic mass is 9.66. The Hall–Kier alpha value is -2.86. The summed E-state index contributed by atoms with van der Waals surface area (Å²) in [7, 11) is 5.30. The van der Waals surface area contributed by atoms with Gasteiger partial charge in [0.1, 0.15) is 5.75 Å². The van der Waals surface area contributed by atoms with Crippen molar-refractivity contribution in [1.82, 2.24) is 14.7 Å². The van der Waals surface area contributed by atoms with E-state index in [4.69, 9.17) is 4.74 Å². The van der Waals surface area contributed by atoms with Gasteiger partial charge in [-0.05, 0) is 56.0 Å². The summed E-state index contributed by atoms with van der Waals surface area (Å²) in [6, 6.07) is 15.9. The number of methoxy groups -OCH3 is 1. The van der Waals surface area contributed by atoms with Gasteiger partial charge in [0.2, 0.25) is 5.91 Å². The first kappa shape index (κ1) is 23.3. The third kappa shape index (κ3) is 4.12. The first-order valence-corrected chi connectivity index (χ1v) is 11.8. The average molecular weight is 450 g/mol. The zero-order valence-electron chi connectivity index (χ0n) is 20.4. The minimum atomic E-state index is -0.517. The van der Waals surface area contributed by atoms with Gasteiger partial charge < -0.3 is 14.5 Å². The van der Waals surface area contributed by atoms with Crippen molar-refractivity contribution in [3.05, 3.63) is 65.2 Å². The number of amides is 2. The molecule has 6 nitrogen and oxygen atoms in total. The first-order chi connectivity index (χ1) is 15.8. The monoisotopic (exact) mass is 449 g/mol. The summed E-state index contributed by atoms with van der Waals surface area (Å²) in [5, 5.41) is 0. The highest BCUT2D eigenvalue weighted by Crippen LogP contribution is 2.48.